The maximum atomic E-state index is 12.8. The Bertz CT molecular complexity index is 998. The van der Waals surface area contributed by atoms with Gasteiger partial charge in [-0.05, 0) is 45.4 Å². The van der Waals surface area contributed by atoms with Gasteiger partial charge in [0, 0.05) is 25.0 Å². The van der Waals surface area contributed by atoms with E-state index in [0.717, 1.165) is 12.2 Å². The summed E-state index contributed by atoms with van der Waals surface area (Å²) in [4.78, 5) is 23.5. The van der Waals surface area contributed by atoms with E-state index in [2.05, 4.69) is 9.97 Å². The molecule has 132 valence electrons. The molecule has 0 unspecified atom stereocenters. The van der Waals surface area contributed by atoms with Gasteiger partial charge in [0.2, 0.25) is 0 Å². The fourth-order valence-corrected chi connectivity index (χ4v) is 2.90. The Kier molecular flexibility index (Phi) is 6.05. The fourth-order valence-electron chi connectivity index (χ4n) is 2.53. The number of benzene rings is 1. The lowest BCUT2D eigenvalue weighted by molar-refractivity contribution is 0.378. The lowest BCUT2D eigenvalue weighted by Crippen LogP contribution is -2.30. The van der Waals surface area contributed by atoms with Crippen LogP contribution < -0.4 is 5.56 Å². The molecule has 0 aliphatic rings. The Morgan fingerprint density at radius 1 is 1.20 bits per heavy atom. The van der Waals surface area contributed by atoms with Crippen LogP contribution in [0.1, 0.15) is 5.82 Å². The van der Waals surface area contributed by atoms with Gasteiger partial charge < -0.3 is 4.90 Å². The molecule has 3 rings (SSSR count). The van der Waals surface area contributed by atoms with Crippen molar-refractivity contribution in [2.24, 2.45) is 0 Å². The van der Waals surface area contributed by atoms with Gasteiger partial charge in [0.05, 0.1) is 0 Å². The molecule has 0 bridgehead atoms. The number of aryl methyl sites for hydroxylation is 1. The number of nitrogens with zero attached hydrogens (tertiary/aromatic N) is 5. The molecule has 0 saturated heterocycles. The lowest BCUT2D eigenvalue weighted by Gasteiger charge is -2.17. The maximum Gasteiger partial charge on any atom is 0.265 e. The molecule has 2 heterocycles. The van der Waals surface area contributed by atoms with E-state index in [1.807, 2.05) is 53.9 Å². The number of para-hydroxylation sites is 1. The summed E-state index contributed by atoms with van der Waals surface area (Å²) in [6, 6.07) is 9.72. The van der Waals surface area contributed by atoms with E-state index >= 15 is 0 Å². The van der Waals surface area contributed by atoms with Crippen molar-refractivity contribution < 1.29 is 0 Å². The van der Waals surface area contributed by atoms with Crippen molar-refractivity contribution >= 4 is 35.7 Å². The molecule has 3 aromatic rings. The standard InChI is InChI=1S/C17H19N5OS.ClH/c1-12-18-11-14-15(19-12)22(13-7-5-4-6-8-13)17(24)21(16(14)23)10-9-20(2)3;/h4-8,11H,9-10H2,1-3H3;1H. The van der Waals surface area contributed by atoms with Crippen LogP contribution in [0.3, 0.4) is 0 Å². The van der Waals surface area contributed by atoms with Gasteiger partial charge in [0.25, 0.3) is 5.56 Å². The molecule has 0 aliphatic carbocycles. The van der Waals surface area contributed by atoms with Crippen LogP contribution in [0.5, 0.6) is 0 Å². The van der Waals surface area contributed by atoms with Crippen LogP contribution in [-0.4, -0.2) is 44.6 Å². The smallest absolute Gasteiger partial charge is 0.265 e. The molecule has 0 saturated carbocycles. The highest BCUT2D eigenvalue weighted by molar-refractivity contribution is 7.71. The average Bonchev–Trinajstić information content (AvgIpc) is 2.55. The Labute approximate surface area is 157 Å². The van der Waals surface area contributed by atoms with Crippen molar-refractivity contribution in [1.82, 2.24) is 24.0 Å². The van der Waals surface area contributed by atoms with Crippen molar-refractivity contribution in [2.45, 2.75) is 13.5 Å². The zero-order valence-electron chi connectivity index (χ0n) is 14.3. The van der Waals surface area contributed by atoms with Gasteiger partial charge in [-0.1, -0.05) is 18.2 Å². The van der Waals surface area contributed by atoms with Crippen molar-refractivity contribution in [1.29, 1.82) is 0 Å². The summed E-state index contributed by atoms with van der Waals surface area (Å²) in [5.74, 6) is 0.604. The molecule has 0 N–H and O–H groups in total. The molecule has 0 aliphatic heterocycles. The van der Waals surface area contributed by atoms with Crippen LogP contribution in [0.15, 0.2) is 41.3 Å². The van der Waals surface area contributed by atoms with Gasteiger partial charge in [0.1, 0.15) is 11.2 Å². The minimum Gasteiger partial charge on any atom is -0.308 e. The van der Waals surface area contributed by atoms with Crippen LogP contribution in [0.4, 0.5) is 0 Å². The van der Waals surface area contributed by atoms with Gasteiger partial charge in [0.15, 0.2) is 10.4 Å². The van der Waals surface area contributed by atoms with Crippen LogP contribution in [0.2, 0.25) is 0 Å². The number of rotatable bonds is 4. The largest absolute Gasteiger partial charge is 0.308 e. The number of hydrogen-bond donors (Lipinski definition) is 0. The maximum absolute atomic E-state index is 12.8. The highest BCUT2D eigenvalue weighted by Gasteiger charge is 2.14. The van der Waals surface area contributed by atoms with Crippen molar-refractivity contribution in [3.05, 3.63) is 57.5 Å². The SMILES string of the molecule is Cc1ncc2c(=O)n(CCN(C)C)c(=S)n(-c3ccccc3)c2n1.Cl. The molecule has 0 atom stereocenters. The zero-order valence-corrected chi connectivity index (χ0v) is 16.0. The Morgan fingerprint density at radius 2 is 1.88 bits per heavy atom. The quantitative estimate of drug-likeness (QED) is 0.654. The van der Waals surface area contributed by atoms with Crippen molar-refractivity contribution in [3.63, 3.8) is 0 Å². The van der Waals surface area contributed by atoms with Crippen LogP contribution >= 0.6 is 24.6 Å². The normalized spacial score (nSPS) is 10.9. The Morgan fingerprint density at radius 3 is 2.52 bits per heavy atom. The lowest BCUT2D eigenvalue weighted by atomic mass is 10.3. The number of hydrogen-bond acceptors (Lipinski definition) is 5. The predicted molar refractivity (Wildman–Crippen MR) is 104 cm³/mol. The van der Waals surface area contributed by atoms with Crippen LogP contribution in [0.25, 0.3) is 16.7 Å². The molecule has 6 nitrogen and oxygen atoms in total. The molecule has 25 heavy (non-hydrogen) atoms. The van der Waals surface area contributed by atoms with Gasteiger partial charge in [-0.2, -0.15) is 0 Å². The van der Waals surface area contributed by atoms with E-state index < -0.39 is 0 Å². The number of halogens is 1. The summed E-state index contributed by atoms with van der Waals surface area (Å²) in [6.45, 7) is 3.03. The summed E-state index contributed by atoms with van der Waals surface area (Å²) in [6.07, 6.45) is 1.58. The van der Waals surface area contributed by atoms with E-state index in [1.54, 1.807) is 17.7 Å². The highest BCUT2D eigenvalue weighted by atomic mass is 35.5. The molecule has 0 amide bonds. The number of aromatic nitrogens is 4. The first-order valence-electron chi connectivity index (χ1n) is 7.68. The summed E-state index contributed by atoms with van der Waals surface area (Å²) < 4.78 is 3.90. The summed E-state index contributed by atoms with van der Waals surface area (Å²) >= 11 is 5.63. The zero-order chi connectivity index (χ0) is 17.3. The molecule has 8 heteroatoms. The van der Waals surface area contributed by atoms with Gasteiger partial charge in [-0.15, -0.1) is 12.4 Å². The van der Waals surface area contributed by atoms with Gasteiger partial charge in [-0.3, -0.25) is 13.9 Å². The summed E-state index contributed by atoms with van der Waals surface area (Å²) in [5.41, 5.74) is 1.28. The van der Waals surface area contributed by atoms with E-state index in [0.29, 0.717) is 28.2 Å². The third-order valence-electron chi connectivity index (χ3n) is 3.78. The summed E-state index contributed by atoms with van der Waals surface area (Å²) in [5, 5.41) is 0.469. The first-order chi connectivity index (χ1) is 11.5. The molecule has 1 aromatic carbocycles. The second kappa shape index (κ2) is 7.86. The van der Waals surface area contributed by atoms with Gasteiger partial charge >= 0.3 is 0 Å². The second-order valence-corrected chi connectivity index (χ2v) is 6.23. The third kappa shape index (κ3) is 3.78. The molecule has 0 spiro atoms. The van der Waals surface area contributed by atoms with E-state index in [9.17, 15) is 4.79 Å². The Balaban J connectivity index is 0.00000225. The minimum atomic E-state index is -0.149. The predicted octanol–water partition coefficient (Wildman–Crippen LogP) is 2.60. The van der Waals surface area contributed by atoms with Crippen LogP contribution in [-0.2, 0) is 6.54 Å². The number of likely N-dealkylation sites (N-methyl/N-ethyl adjacent to an activating group) is 1. The number of fused-ring (bicyclic) bond motifs is 1. The topological polar surface area (TPSA) is 56.0 Å². The Hall–Kier alpha value is -2.09. The molecule has 0 radical (unpaired) electrons. The average molecular weight is 378 g/mol. The highest BCUT2D eigenvalue weighted by Crippen LogP contribution is 2.15. The minimum absolute atomic E-state index is 0. The molecular formula is C17H20ClN5OS. The first-order valence-corrected chi connectivity index (χ1v) is 8.09. The first kappa shape index (κ1) is 19.2. The van der Waals surface area contributed by atoms with Crippen LogP contribution in [0, 0.1) is 11.7 Å². The molecule has 0 fully saturated rings. The fraction of sp³-hybridized carbons (Fsp3) is 0.294. The third-order valence-corrected chi connectivity index (χ3v) is 4.19. The molecular weight excluding hydrogens is 358 g/mol. The van der Waals surface area contributed by atoms with Crippen molar-refractivity contribution in [2.75, 3.05) is 20.6 Å². The van der Waals surface area contributed by atoms with E-state index in [4.69, 9.17) is 12.2 Å². The van der Waals surface area contributed by atoms with E-state index in [1.165, 1.54) is 0 Å². The van der Waals surface area contributed by atoms with Gasteiger partial charge in [-0.25, -0.2) is 9.97 Å². The second-order valence-electron chi connectivity index (χ2n) is 5.87. The monoisotopic (exact) mass is 377 g/mol. The van der Waals surface area contributed by atoms with Crippen molar-refractivity contribution in [3.8, 4) is 5.69 Å². The summed E-state index contributed by atoms with van der Waals surface area (Å²) in [7, 11) is 3.93. The van der Waals surface area contributed by atoms with E-state index in [-0.39, 0.29) is 18.0 Å². The molecule has 2 aromatic heterocycles.